The topological polar surface area (TPSA) is 9.72 Å². The second-order valence-electron chi connectivity index (χ2n) is 6.77. The minimum atomic E-state index is 1.17. The molecule has 2 aliphatic rings. The van der Waals surface area contributed by atoms with Crippen LogP contribution in [-0.2, 0) is 0 Å². The summed E-state index contributed by atoms with van der Waals surface area (Å²) in [4.78, 5) is 7.79. The molecule has 3 nitrogen and oxygen atoms in total. The molecule has 0 aromatic heterocycles. The first kappa shape index (κ1) is 22.0. The van der Waals surface area contributed by atoms with Crippen LogP contribution in [0.4, 0.5) is 5.69 Å². The molecule has 3 rings (SSSR count). The Morgan fingerprint density at radius 2 is 1.16 bits per heavy atom. The SMILES string of the molecule is CC.CCC.c1ccc(N2CCN(CCN3CCCCC3)CC2)cc1. The predicted molar refractivity (Wildman–Crippen MR) is 113 cm³/mol. The molecule has 0 N–H and O–H groups in total. The van der Waals surface area contributed by atoms with Crippen molar-refractivity contribution in [1.29, 1.82) is 0 Å². The van der Waals surface area contributed by atoms with Gasteiger partial charge in [0.2, 0.25) is 0 Å². The van der Waals surface area contributed by atoms with E-state index in [1.54, 1.807) is 0 Å². The molecule has 1 aromatic rings. The summed E-state index contributed by atoms with van der Waals surface area (Å²) in [6.45, 7) is 18.2. The Kier molecular flexibility index (Phi) is 12.4. The average Bonchev–Trinajstić information content (AvgIpc) is 2.70. The van der Waals surface area contributed by atoms with Crippen molar-refractivity contribution in [2.24, 2.45) is 0 Å². The summed E-state index contributed by atoms with van der Waals surface area (Å²) in [5.74, 6) is 0. The van der Waals surface area contributed by atoms with Gasteiger partial charge in [0.05, 0.1) is 0 Å². The molecule has 0 bridgehead atoms. The highest BCUT2D eigenvalue weighted by Gasteiger charge is 2.18. The summed E-state index contributed by atoms with van der Waals surface area (Å²) in [6.07, 6.45) is 5.50. The molecule has 0 spiro atoms. The Morgan fingerprint density at radius 1 is 0.680 bits per heavy atom. The minimum absolute atomic E-state index is 1.17. The first-order chi connectivity index (χ1) is 12.3. The standard InChI is InChI=1S/C17H27N3.C3H8.C2H6/c1-3-7-17(8-4-1)20-15-13-19(14-16-20)12-11-18-9-5-2-6-10-18;1-3-2;1-2/h1,3-4,7-8H,2,5-6,9-16H2;3H2,1-2H3;1-2H3. The number of hydrogen-bond acceptors (Lipinski definition) is 3. The van der Waals surface area contributed by atoms with Gasteiger partial charge in [-0.3, -0.25) is 4.90 Å². The van der Waals surface area contributed by atoms with E-state index < -0.39 is 0 Å². The fraction of sp³-hybridized carbons (Fsp3) is 0.727. The molecule has 2 fully saturated rings. The predicted octanol–water partition coefficient (Wildman–Crippen LogP) is 4.74. The molecule has 0 saturated carbocycles. The van der Waals surface area contributed by atoms with E-state index in [9.17, 15) is 0 Å². The van der Waals surface area contributed by atoms with Crippen molar-refractivity contribution in [2.45, 2.75) is 53.4 Å². The highest BCUT2D eigenvalue weighted by molar-refractivity contribution is 5.46. The van der Waals surface area contributed by atoms with Gasteiger partial charge in [-0.05, 0) is 38.1 Å². The van der Waals surface area contributed by atoms with E-state index in [-0.39, 0.29) is 0 Å². The van der Waals surface area contributed by atoms with Crippen molar-refractivity contribution >= 4 is 5.69 Å². The van der Waals surface area contributed by atoms with Crippen LogP contribution in [0.5, 0.6) is 0 Å². The zero-order valence-corrected chi connectivity index (χ0v) is 17.2. The fourth-order valence-electron chi connectivity index (χ4n) is 3.33. The normalized spacial score (nSPS) is 18.6. The summed E-state index contributed by atoms with van der Waals surface area (Å²) in [7, 11) is 0. The van der Waals surface area contributed by atoms with Crippen LogP contribution in [-0.4, -0.2) is 62.2 Å². The molecule has 144 valence electrons. The molecule has 1 aromatic carbocycles. The first-order valence-electron chi connectivity index (χ1n) is 10.6. The third-order valence-corrected chi connectivity index (χ3v) is 4.67. The van der Waals surface area contributed by atoms with Gasteiger partial charge in [0, 0.05) is 45.0 Å². The molecule has 2 heterocycles. The van der Waals surface area contributed by atoms with Gasteiger partial charge >= 0.3 is 0 Å². The molecule has 2 aliphatic heterocycles. The summed E-state index contributed by atoms with van der Waals surface area (Å²) < 4.78 is 0. The zero-order chi connectivity index (χ0) is 18.3. The van der Waals surface area contributed by atoms with Crippen molar-refractivity contribution < 1.29 is 0 Å². The van der Waals surface area contributed by atoms with Gasteiger partial charge < -0.3 is 9.80 Å². The van der Waals surface area contributed by atoms with Crippen LogP contribution in [0.15, 0.2) is 30.3 Å². The fourth-order valence-corrected chi connectivity index (χ4v) is 3.33. The molecule has 3 heteroatoms. The largest absolute Gasteiger partial charge is 0.369 e. The van der Waals surface area contributed by atoms with Crippen molar-refractivity contribution in [3.8, 4) is 0 Å². The number of rotatable bonds is 4. The third kappa shape index (κ3) is 8.73. The van der Waals surface area contributed by atoms with Gasteiger partial charge in [-0.1, -0.05) is 58.7 Å². The van der Waals surface area contributed by atoms with E-state index >= 15 is 0 Å². The Bertz CT molecular complexity index is 393. The number of nitrogens with zero attached hydrogens (tertiary/aromatic N) is 3. The lowest BCUT2D eigenvalue weighted by Gasteiger charge is -2.37. The second kappa shape index (κ2) is 14.1. The van der Waals surface area contributed by atoms with E-state index in [1.165, 1.54) is 83.7 Å². The molecule has 25 heavy (non-hydrogen) atoms. The van der Waals surface area contributed by atoms with Gasteiger partial charge in [0.25, 0.3) is 0 Å². The van der Waals surface area contributed by atoms with Crippen molar-refractivity contribution in [1.82, 2.24) is 9.80 Å². The third-order valence-electron chi connectivity index (χ3n) is 4.67. The number of likely N-dealkylation sites (tertiary alicyclic amines) is 1. The van der Waals surface area contributed by atoms with Crippen LogP contribution in [0.2, 0.25) is 0 Å². The Labute approximate surface area is 157 Å². The van der Waals surface area contributed by atoms with Gasteiger partial charge in [0.1, 0.15) is 0 Å². The van der Waals surface area contributed by atoms with Crippen LogP contribution >= 0.6 is 0 Å². The number of para-hydroxylation sites is 1. The number of hydrogen-bond donors (Lipinski definition) is 0. The summed E-state index contributed by atoms with van der Waals surface area (Å²) >= 11 is 0. The van der Waals surface area contributed by atoms with E-state index in [2.05, 4.69) is 58.9 Å². The highest BCUT2D eigenvalue weighted by Crippen LogP contribution is 2.15. The van der Waals surface area contributed by atoms with Crippen molar-refractivity contribution in [3.05, 3.63) is 30.3 Å². The van der Waals surface area contributed by atoms with Crippen LogP contribution in [0.25, 0.3) is 0 Å². The number of piperazine rings is 1. The Hall–Kier alpha value is -1.06. The second-order valence-corrected chi connectivity index (χ2v) is 6.77. The van der Waals surface area contributed by atoms with Gasteiger partial charge in [0.15, 0.2) is 0 Å². The summed E-state index contributed by atoms with van der Waals surface area (Å²) in [6, 6.07) is 10.8. The molecule has 0 radical (unpaired) electrons. The number of benzene rings is 1. The molecular weight excluding hydrogens is 306 g/mol. The monoisotopic (exact) mass is 347 g/mol. The highest BCUT2D eigenvalue weighted by atomic mass is 15.3. The molecule has 0 unspecified atom stereocenters. The maximum absolute atomic E-state index is 2.65. The summed E-state index contributed by atoms with van der Waals surface area (Å²) in [5, 5.41) is 0. The van der Waals surface area contributed by atoms with Crippen molar-refractivity contribution in [3.63, 3.8) is 0 Å². The lowest BCUT2D eigenvalue weighted by Crippen LogP contribution is -2.48. The van der Waals surface area contributed by atoms with Gasteiger partial charge in [-0.15, -0.1) is 0 Å². The molecule has 0 atom stereocenters. The lowest BCUT2D eigenvalue weighted by atomic mass is 10.1. The van der Waals surface area contributed by atoms with Crippen LogP contribution in [0.3, 0.4) is 0 Å². The maximum Gasteiger partial charge on any atom is 0.0367 e. The lowest BCUT2D eigenvalue weighted by molar-refractivity contribution is 0.177. The maximum atomic E-state index is 2.65. The van der Waals surface area contributed by atoms with Crippen LogP contribution < -0.4 is 4.90 Å². The number of anilines is 1. The van der Waals surface area contributed by atoms with Crippen molar-refractivity contribution in [2.75, 3.05) is 57.3 Å². The van der Waals surface area contributed by atoms with Crippen LogP contribution in [0, 0.1) is 0 Å². The smallest absolute Gasteiger partial charge is 0.0367 e. The molecular formula is C22H41N3. The Balaban J connectivity index is 0.000000567. The van der Waals surface area contributed by atoms with Gasteiger partial charge in [-0.2, -0.15) is 0 Å². The van der Waals surface area contributed by atoms with E-state index in [0.29, 0.717) is 0 Å². The van der Waals surface area contributed by atoms with Gasteiger partial charge in [-0.25, -0.2) is 0 Å². The average molecular weight is 348 g/mol. The molecule has 0 aliphatic carbocycles. The first-order valence-corrected chi connectivity index (χ1v) is 10.6. The van der Waals surface area contributed by atoms with E-state index in [0.717, 1.165) is 0 Å². The minimum Gasteiger partial charge on any atom is -0.369 e. The number of piperidine rings is 1. The quantitative estimate of drug-likeness (QED) is 0.779. The molecule has 2 saturated heterocycles. The zero-order valence-electron chi connectivity index (χ0n) is 17.2. The summed E-state index contributed by atoms with van der Waals surface area (Å²) in [5.41, 5.74) is 1.38. The van der Waals surface area contributed by atoms with E-state index in [4.69, 9.17) is 0 Å². The van der Waals surface area contributed by atoms with E-state index in [1.807, 2.05) is 13.8 Å². The molecule has 0 amide bonds. The Morgan fingerprint density at radius 3 is 1.68 bits per heavy atom. The van der Waals surface area contributed by atoms with Crippen LogP contribution in [0.1, 0.15) is 53.4 Å².